The molecule has 0 spiro atoms. The summed E-state index contributed by atoms with van der Waals surface area (Å²) in [6.45, 7) is 5.56. The summed E-state index contributed by atoms with van der Waals surface area (Å²) in [7, 11) is 0. The van der Waals surface area contributed by atoms with E-state index >= 15 is 0 Å². The molecule has 6 heteroatoms. The molecule has 0 aliphatic heterocycles. The molecule has 158 valence electrons. The van der Waals surface area contributed by atoms with Gasteiger partial charge in [0, 0.05) is 19.3 Å². The molecule has 7 atom stereocenters. The van der Waals surface area contributed by atoms with Gasteiger partial charge in [0.05, 0.1) is 12.0 Å². The summed E-state index contributed by atoms with van der Waals surface area (Å²) in [5.74, 6) is 0.431. The fourth-order valence-electron chi connectivity index (χ4n) is 7.05. The van der Waals surface area contributed by atoms with Gasteiger partial charge in [0.25, 0.3) is 0 Å². The number of hydrogen-bond donors (Lipinski definition) is 2. The summed E-state index contributed by atoms with van der Waals surface area (Å²) in [5.41, 5.74) is 5.39. The maximum atomic E-state index is 13.2. The van der Waals surface area contributed by atoms with Crippen LogP contribution in [0.15, 0.2) is 0 Å². The molecule has 0 bridgehead atoms. The number of Topliss-reactive ketones (excluding diaryl/α,β-unsaturated/α-hetero) is 2. The van der Waals surface area contributed by atoms with Gasteiger partial charge in [-0.2, -0.15) is 0 Å². The molecule has 0 aromatic heterocycles. The number of carbonyl (C=O) groups is 3. The summed E-state index contributed by atoms with van der Waals surface area (Å²) in [6.07, 6.45) is 4.47. The number of esters is 1. The largest absolute Gasteiger partial charge is 0.462 e. The van der Waals surface area contributed by atoms with Crippen molar-refractivity contribution in [1.29, 1.82) is 0 Å². The van der Waals surface area contributed by atoms with Crippen LogP contribution in [-0.4, -0.2) is 41.9 Å². The van der Waals surface area contributed by atoms with Crippen molar-refractivity contribution in [2.75, 3.05) is 13.2 Å². The van der Waals surface area contributed by atoms with E-state index in [1.165, 1.54) is 6.92 Å². The number of aliphatic hydroxyl groups excluding tert-OH is 1. The minimum atomic E-state index is -0.795. The number of nitrogens with two attached hydrogens (primary N) is 1. The normalized spacial score (nSPS) is 43.5. The van der Waals surface area contributed by atoms with Crippen molar-refractivity contribution in [1.82, 2.24) is 0 Å². The van der Waals surface area contributed by atoms with E-state index in [-0.39, 0.29) is 59.8 Å². The molecule has 3 saturated carbocycles. The second kappa shape index (κ2) is 7.86. The molecule has 3 aliphatic rings. The molecule has 0 amide bonds. The van der Waals surface area contributed by atoms with Crippen LogP contribution < -0.4 is 5.73 Å². The number of aliphatic hydroxyl groups is 1. The Balaban J connectivity index is 1.85. The second-order valence-corrected chi connectivity index (χ2v) is 9.61. The number of fused-ring (bicyclic) bond motifs is 1. The van der Waals surface area contributed by atoms with Crippen molar-refractivity contribution in [2.24, 2.45) is 40.2 Å². The lowest BCUT2D eigenvalue weighted by atomic mass is 9.50. The fraction of sp³-hybridized carbons (Fsp3) is 0.864. The molecule has 3 aliphatic carbocycles. The van der Waals surface area contributed by atoms with Crippen LogP contribution in [0.5, 0.6) is 0 Å². The van der Waals surface area contributed by atoms with E-state index < -0.39 is 5.41 Å². The average Bonchev–Trinajstić information content (AvgIpc) is 2.98. The molecule has 0 saturated heterocycles. The van der Waals surface area contributed by atoms with Gasteiger partial charge in [-0.3, -0.25) is 14.4 Å². The van der Waals surface area contributed by atoms with Gasteiger partial charge in [-0.1, -0.05) is 6.92 Å². The summed E-state index contributed by atoms with van der Waals surface area (Å²) in [5, 5.41) is 10.4. The first-order valence-electron chi connectivity index (χ1n) is 10.7. The molecule has 3 N–H and O–H groups in total. The van der Waals surface area contributed by atoms with Crippen LogP contribution in [0.25, 0.3) is 0 Å². The van der Waals surface area contributed by atoms with Crippen molar-refractivity contribution in [2.45, 2.75) is 71.8 Å². The Morgan fingerprint density at radius 3 is 2.39 bits per heavy atom. The maximum absolute atomic E-state index is 13.2. The highest BCUT2D eigenvalue weighted by molar-refractivity contribution is 5.87. The van der Waals surface area contributed by atoms with Crippen LogP contribution in [-0.2, 0) is 19.1 Å². The SMILES string of the molecule is CC(=O)O[C@H]1CC[C@](CO)(C2CC[C@@]3(C)C(CC[C@@H]3C(C)=O)C2CN)C(=O)C1. The highest BCUT2D eigenvalue weighted by Crippen LogP contribution is 2.62. The molecule has 3 rings (SSSR count). The maximum Gasteiger partial charge on any atom is 0.302 e. The summed E-state index contributed by atoms with van der Waals surface area (Å²) >= 11 is 0. The third kappa shape index (κ3) is 3.32. The standard InChI is InChI=1S/C22H35NO5/c1-13(25)17-4-5-18-16(11-23)19(7-8-21(17,18)3)22(12-24)9-6-15(10-20(22)27)28-14(2)26/h15-19,24H,4-12,23H2,1-3H3/t15-,16?,17+,18?,19?,21+,22-/m0/s1. The van der Waals surface area contributed by atoms with Crippen LogP contribution in [0.1, 0.15) is 65.7 Å². The Morgan fingerprint density at radius 1 is 1.14 bits per heavy atom. The van der Waals surface area contributed by atoms with Crippen molar-refractivity contribution < 1.29 is 24.2 Å². The number of rotatable bonds is 5. The van der Waals surface area contributed by atoms with Crippen LogP contribution in [0, 0.1) is 34.5 Å². The molecule has 0 heterocycles. The van der Waals surface area contributed by atoms with Crippen LogP contribution >= 0.6 is 0 Å². The Labute approximate surface area is 167 Å². The highest BCUT2D eigenvalue weighted by Gasteiger charge is 2.60. The molecule has 3 unspecified atom stereocenters. The molecule has 0 aromatic carbocycles. The lowest BCUT2D eigenvalue weighted by Gasteiger charge is -2.54. The van der Waals surface area contributed by atoms with Crippen LogP contribution in [0.2, 0.25) is 0 Å². The van der Waals surface area contributed by atoms with Gasteiger partial charge in [-0.25, -0.2) is 0 Å². The van der Waals surface area contributed by atoms with E-state index in [1.807, 2.05) is 0 Å². The first-order valence-corrected chi connectivity index (χ1v) is 10.7. The predicted molar refractivity (Wildman–Crippen MR) is 104 cm³/mol. The Bertz CT molecular complexity index is 649. The Kier molecular flexibility index (Phi) is 6.02. The van der Waals surface area contributed by atoms with E-state index in [0.29, 0.717) is 25.3 Å². The summed E-state index contributed by atoms with van der Waals surface area (Å²) < 4.78 is 5.26. The predicted octanol–water partition coefficient (Wildman–Crippen LogP) is 2.26. The zero-order chi connectivity index (χ0) is 20.7. The molecular formula is C22H35NO5. The fourth-order valence-corrected chi connectivity index (χ4v) is 7.05. The smallest absolute Gasteiger partial charge is 0.302 e. The van der Waals surface area contributed by atoms with E-state index in [9.17, 15) is 19.5 Å². The van der Waals surface area contributed by atoms with E-state index in [0.717, 1.165) is 25.7 Å². The molecule has 28 heavy (non-hydrogen) atoms. The monoisotopic (exact) mass is 393 g/mol. The van der Waals surface area contributed by atoms with Gasteiger partial charge in [0.1, 0.15) is 17.7 Å². The Hall–Kier alpha value is -1.27. The third-order valence-electron chi connectivity index (χ3n) is 8.41. The quantitative estimate of drug-likeness (QED) is 0.694. The minimum Gasteiger partial charge on any atom is -0.462 e. The first-order chi connectivity index (χ1) is 13.2. The van der Waals surface area contributed by atoms with E-state index in [2.05, 4.69) is 6.92 Å². The number of carbonyl (C=O) groups excluding carboxylic acids is 3. The summed E-state index contributed by atoms with van der Waals surface area (Å²) in [6, 6.07) is 0. The highest BCUT2D eigenvalue weighted by atomic mass is 16.5. The van der Waals surface area contributed by atoms with Gasteiger partial charge >= 0.3 is 5.97 Å². The van der Waals surface area contributed by atoms with Crippen molar-refractivity contribution in [3.8, 4) is 0 Å². The van der Waals surface area contributed by atoms with Crippen LogP contribution in [0.3, 0.4) is 0 Å². The Morgan fingerprint density at radius 2 is 1.86 bits per heavy atom. The average molecular weight is 394 g/mol. The number of hydrogen-bond acceptors (Lipinski definition) is 6. The first kappa shape index (κ1) is 21.4. The van der Waals surface area contributed by atoms with E-state index in [1.54, 1.807) is 6.92 Å². The van der Waals surface area contributed by atoms with Crippen molar-refractivity contribution >= 4 is 17.5 Å². The van der Waals surface area contributed by atoms with Crippen molar-refractivity contribution in [3.05, 3.63) is 0 Å². The van der Waals surface area contributed by atoms with Gasteiger partial charge in [0.2, 0.25) is 0 Å². The minimum absolute atomic E-state index is 0.000618. The molecule has 3 fully saturated rings. The number of ether oxygens (including phenoxy) is 1. The van der Waals surface area contributed by atoms with Gasteiger partial charge in [-0.15, -0.1) is 0 Å². The lowest BCUT2D eigenvalue weighted by Crippen LogP contribution is -2.56. The third-order valence-corrected chi connectivity index (χ3v) is 8.41. The zero-order valence-corrected chi connectivity index (χ0v) is 17.4. The molecule has 6 nitrogen and oxygen atoms in total. The lowest BCUT2D eigenvalue weighted by molar-refractivity contribution is -0.161. The molecule has 0 aromatic rings. The van der Waals surface area contributed by atoms with Gasteiger partial charge < -0.3 is 15.6 Å². The van der Waals surface area contributed by atoms with Crippen LogP contribution in [0.4, 0.5) is 0 Å². The molecular weight excluding hydrogens is 358 g/mol. The van der Waals surface area contributed by atoms with E-state index in [4.69, 9.17) is 10.5 Å². The van der Waals surface area contributed by atoms with Crippen molar-refractivity contribution in [3.63, 3.8) is 0 Å². The second-order valence-electron chi connectivity index (χ2n) is 9.61. The zero-order valence-electron chi connectivity index (χ0n) is 17.4. The molecule has 0 radical (unpaired) electrons. The summed E-state index contributed by atoms with van der Waals surface area (Å²) in [4.78, 5) is 36.7. The topological polar surface area (TPSA) is 107 Å². The van der Waals surface area contributed by atoms with Gasteiger partial charge in [0.15, 0.2) is 0 Å². The van der Waals surface area contributed by atoms with Gasteiger partial charge in [-0.05, 0) is 75.2 Å². The number of ketones is 2.